The first-order valence-corrected chi connectivity index (χ1v) is 4.39. The van der Waals surface area contributed by atoms with Crippen LogP contribution in [0.25, 0.3) is 0 Å². The zero-order chi connectivity index (χ0) is 9.56. The lowest BCUT2D eigenvalue weighted by Crippen LogP contribution is -2.29. The maximum atomic E-state index is 8.85. The van der Waals surface area contributed by atoms with Crippen molar-refractivity contribution >= 4 is 0 Å². The molecule has 0 heterocycles. The molecular formula is C10H19NO. The van der Waals surface area contributed by atoms with Crippen molar-refractivity contribution in [2.75, 3.05) is 0 Å². The third kappa shape index (κ3) is 3.20. The van der Waals surface area contributed by atoms with Gasteiger partial charge in [0.25, 0.3) is 0 Å². The van der Waals surface area contributed by atoms with Crippen molar-refractivity contribution in [3.05, 3.63) is 24.3 Å². The second-order valence-corrected chi connectivity index (χ2v) is 3.15. The van der Waals surface area contributed by atoms with Crippen molar-refractivity contribution in [1.82, 2.24) is 5.48 Å². The van der Waals surface area contributed by atoms with Gasteiger partial charge < -0.3 is 5.21 Å². The minimum atomic E-state index is 0.0583. The van der Waals surface area contributed by atoms with Gasteiger partial charge in [-0.05, 0) is 17.9 Å². The van der Waals surface area contributed by atoms with Gasteiger partial charge in [-0.1, -0.05) is 39.5 Å². The Kier molecular flexibility index (Phi) is 5.68. The van der Waals surface area contributed by atoms with E-state index in [2.05, 4.69) is 25.9 Å². The Morgan fingerprint density at radius 3 is 2.42 bits per heavy atom. The lowest BCUT2D eigenvalue weighted by Gasteiger charge is -2.19. The summed E-state index contributed by atoms with van der Waals surface area (Å²) in [5.74, 6) is 0.438. The van der Waals surface area contributed by atoms with Crippen molar-refractivity contribution < 1.29 is 5.21 Å². The minimum Gasteiger partial charge on any atom is -0.316 e. The van der Waals surface area contributed by atoms with Crippen molar-refractivity contribution in [3.63, 3.8) is 0 Å². The van der Waals surface area contributed by atoms with E-state index >= 15 is 0 Å². The van der Waals surface area contributed by atoms with Gasteiger partial charge in [-0.15, -0.1) is 0 Å². The number of allylic oxidation sites excluding steroid dienone is 2. The van der Waals surface area contributed by atoms with Crippen molar-refractivity contribution in [1.29, 1.82) is 0 Å². The molecule has 0 aliphatic rings. The molecule has 0 spiro atoms. The fourth-order valence-corrected chi connectivity index (χ4v) is 1.25. The average molecular weight is 169 g/mol. The zero-order valence-electron chi connectivity index (χ0n) is 8.17. The highest BCUT2D eigenvalue weighted by atomic mass is 16.5. The largest absolute Gasteiger partial charge is 0.316 e. The zero-order valence-corrected chi connectivity index (χ0v) is 8.17. The Labute approximate surface area is 74.9 Å². The van der Waals surface area contributed by atoms with E-state index in [0.29, 0.717) is 5.92 Å². The molecule has 0 aromatic carbocycles. The van der Waals surface area contributed by atoms with Gasteiger partial charge in [-0.25, -0.2) is 0 Å². The summed E-state index contributed by atoms with van der Waals surface area (Å²) >= 11 is 0. The lowest BCUT2D eigenvalue weighted by molar-refractivity contribution is 0.134. The summed E-state index contributed by atoms with van der Waals surface area (Å²) in [5.41, 5.74) is 3.49. The summed E-state index contributed by atoms with van der Waals surface area (Å²) in [6.07, 6.45) is 4.60. The van der Waals surface area contributed by atoms with Crippen LogP contribution in [0.2, 0.25) is 0 Å². The number of hydrogen-bond acceptors (Lipinski definition) is 2. The van der Waals surface area contributed by atoms with Crippen LogP contribution in [0.15, 0.2) is 24.3 Å². The fourth-order valence-electron chi connectivity index (χ4n) is 1.25. The smallest absolute Gasteiger partial charge is 0.0531 e. The topological polar surface area (TPSA) is 32.3 Å². The number of hydroxylamine groups is 1. The highest BCUT2D eigenvalue weighted by Crippen LogP contribution is 2.16. The first kappa shape index (κ1) is 11.4. The monoisotopic (exact) mass is 169 g/mol. The van der Waals surface area contributed by atoms with E-state index < -0.39 is 0 Å². The summed E-state index contributed by atoms with van der Waals surface area (Å²) in [4.78, 5) is 0. The maximum absolute atomic E-state index is 8.85. The van der Waals surface area contributed by atoms with Crippen LogP contribution >= 0.6 is 0 Å². The van der Waals surface area contributed by atoms with Crippen LogP contribution in [0.3, 0.4) is 0 Å². The molecule has 0 rings (SSSR count). The summed E-state index contributed by atoms with van der Waals surface area (Å²) < 4.78 is 0. The quantitative estimate of drug-likeness (QED) is 0.489. The number of nitrogens with one attached hydrogen (secondary N) is 1. The first-order chi connectivity index (χ1) is 5.67. The Hall–Kier alpha value is -0.600. The number of hydrogen-bond donors (Lipinski definition) is 2. The second-order valence-electron chi connectivity index (χ2n) is 3.15. The van der Waals surface area contributed by atoms with E-state index in [0.717, 1.165) is 6.42 Å². The van der Waals surface area contributed by atoms with Gasteiger partial charge in [0.15, 0.2) is 0 Å². The van der Waals surface area contributed by atoms with Gasteiger partial charge in [0.1, 0.15) is 0 Å². The second kappa shape index (κ2) is 5.98. The molecule has 0 saturated carbocycles. The predicted molar refractivity (Wildman–Crippen MR) is 52.1 cm³/mol. The van der Waals surface area contributed by atoms with Gasteiger partial charge in [-0.2, -0.15) is 5.48 Å². The molecule has 2 nitrogen and oxygen atoms in total. The Morgan fingerprint density at radius 1 is 1.58 bits per heavy atom. The molecule has 0 amide bonds. The average Bonchev–Trinajstić information content (AvgIpc) is 2.05. The SMILES string of the molecule is C=C/C=C(\C(C)C)C(CC)NO. The molecule has 0 radical (unpaired) electrons. The third-order valence-electron chi connectivity index (χ3n) is 1.94. The van der Waals surface area contributed by atoms with Crippen LogP contribution in [0.5, 0.6) is 0 Å². The Balaban J connectivity index is 4.47. The summed E-state index contributed by atoms with van der Waals surface area (Å²) in [6, 6.07) is 0.0583. The number of rotatable bonds is 5. The molecule has 1 atom stereocenters. The van der Waals surface area contributed by atoms with E-state index in [9.17, 15) is 0 Å². The highest BCUT2D eigenvalue weighted by molar-refractivity contribution is 5.17. The molecule has 2 N–H and O–H groups in total. The Morgan fingerprint density at radius 2 is 2.17 bits per heavy atom. The molecule has 0 saturated heterocycles. The molecule has 2 heteroatoms. The molecule has 0 aliphatic carbocycles. The molecule has 0 aliphatic heterocycles. The standard InChI is InChI=1S/C10H19NO/c1-5-7-9(8(3)4)10(6-2)11-12/h5,7-8,10-12H,1,6H2,2-4H3/b9-7+. The molecular weight excluding hydrogens is 150 g/mol. The van der Waals surface area contributed by atoms with E-state index in [1.807, 2.05) is 13.0 Å². The molecule has 0 bridgehead atoms. The third-order valence-corrected chi connectivity index (χ3v) is 1.94. The molecule has 1 unspecified atom stereocenters. The lowest BCUT2D eigenvalue weighted by atomic mass is 9.94. The van der Waals surface area contributed by atoms with Gasteiger partial charge in [0.05, 0.1) is 6.04 Å². The molecule has 0 aromatic heterocycles. The van der Waals surface area contributed by atoms with Gasteiger partial charge in [-0.3, -0.25) is 0 Å². The molecule has 12 heavy (non-hydrogen) atoms. The molecule has 0 fully saturated rings. The van der Waals surface area contributed by atoms with E-state index in [1.54, 1.807) is 6.08 Å². The van der Waals surface area contributed by atoms with Crippen molar-refractivity contribution in [2.24, 2.45) is 5.92 Å². The summed E-state index contributed by atoms with van der Waals surface area (Å²) in [6.45, 7) is 9.90. The van der Waals surface area contributed by atoms with Gasteiger partial charge in [0.2, 0.25) is 0 Å². The highest BCUT2D eigenvalue weighted by Gasteiger charge is 2.12. The predicted octanol–water partition coefficient (Wildman–Crippen LogP) is 2.51. The van der Waals surface area contributed by atoms with Crippen LogP contribution in [0, 0.1) is 5.92 Å². The normalized spacial score (nSPS) is 14.9. The van der Waals surface area contributed by atoms with Crippen LogP contribution in [0.4, 0.5) is 0 Å². The first-order valence-electron chi connectivity index (χ1n) is 4.39. The molecule has 0 aromatic rings. The van der Waals surface area contributed by atoms with E-state index in [-0.39, 0.29) is 6.04 Å². The van der Waals surface area contributed by atoms with Gasteiger partial charge in [0, 0.05) is 0 Å². The van der Waals surface area contributed by atoms with Crippen LogP contribution in [0.1, 0.15) is 27.2 Å². The minimum absolute atomic E-state index is 0.0583. The van der Waals surface area contributed by atoms with Crippen LogP contribution in [-0.2, 0) is 0 Å². The van der Waals surface area contributed by atoms with E-state index in [1.165, 1.54) is 5.57 Å². The summed E-state index contributed by atoms with van der Waals surface area (Å²) in [5, 5.41) is 8.85. The Bertz CT molecular complexity index is 157. The fraction of sp³-hybridized carbons (Fsp3) is 0.600. The van der Waals surface area contributed by atoms with Crippen molar-refractivity contribution in [2.45, 2.75) is 33.2 Å². The van der Waals surface area contributed by atoms with Gasteiger partial charge >= 0.3 is 0 Å². The van der Waals surface area contributed by atoms with Crippen LogP contribution in [-0.4, -0.2) is 11.2 Å². The van der Waals surface area contributed by atoms with E-state index in [4.69, 9.17) is 5.21 Å². The van der Waals surface area contributed by atoms with Crippen LogP contribution < -0.4 is 5.48 Å². The maximum Gasteiger partial charge on any atom is 0.0531 e. The van der Waals surface area contributed by atoms with Crippen molar-refractivity contribution in [3.8, 4) is 0 Å². The molecule has 70 valence electrons. The summed E-state index contributed by atoms with van der Waals surface area (Å²) in [7, 11) is 0.